The van der Waals surface area contributed by atoms with E-state index in [2.05, 4.69) is 31.9 Å². The van der Waals surface area contributed by atoms with Crippen molar-refractivity contribution < 1.29 is 29.0 Å². The third kappa shape index (κ3) is 6.63. The number of rotatable bonds is 9. The Kier molecular flexibility index (Phi) is 8.73. The average Bonchev–Trinajstić information content (AvgIpc) is 3.14. The first-order chi connectivity index (χ1) is 17.7. The number of ether oxygens (including phenoxy) is 2. The topological polar surface area (TPSA) is 93.1 Å². The smallest absolute Gasteiger partial charge is 0.335 e. The van der Waals surface area contributed by atoms with E-state index in [9.17, 15) is 14.4 Å². The molecule has 7 nitrogen and oxygen atoms in total. The molecule has 0 atom stereocenters. The van der Waals surface area contributed by atoms with Crippen LogP contribution in [-0.2, 0) is 17.9 Å². The predicted molar refractivity (Wildman–Crippen MR) is 149 cm³/mol. The standard InChI is InChI=1S/C27H21Br2NO6S/c1-2-35-22-11-19(21(29)13-23(22)36-15-17-3-7-18(8-4-17)26(32)33)12-24-25(31)30(27(34)37-24)14-16-5-9-20(28)10-6-16/h3-13H,2,14-15H2,1H3,(H,32,33)/b24-12-. The van der Waals surface area contributed by atoms with Crippen molar-refractivity contribution in [2.75, 3.05) is 6.61 Å². The van der Waals surface area contributed by atoms with Crippen LogP contribution in [-0.4, -0.2) is 33.7 Å². The molecule has 1 aliphatic heterocycles. The fourth-order valence-corrected chi connectivity index (χ4v) is 5.03. The van der Waals surface area contributed by atoms with Crippen LogP contribution in [0.3, 0.4) is 0 Å². The SMILES string of the molecule is CCOc1cc(/C=C2\SC(=O)N(Cc3ccc(Br)cc3)C2=O)c(Br)cc1OCc1ccc(C(=O)O)cc1. The van der Waals surface area contributed by atoms with Crippen LogP contribution in [0.15, 0.2) is 74.5 Å². The van der Waals surface area contributed by atoms with Crippen molar-refractivity contribution in [2.24, 2.45) is 0 Å². The van der Waals surface area contributed by atoms with Gasteiger partial charge in [0.05, 0.1) is 23.6 Å². The van der Waals surface area contributed by atoms with Gasteiger partial charge in [-0.15, -0.1) is 0 Å². The number of hydrogen-bond acceptors (Lipinski definition) is 6. The molecule has 1 aliphatic rings. The minimum atomic E-state index is -0.989. The number of carbonyl (C=O) groups is 3. The summed E-state index contributed by atoms with van der Waals surface area (Å²) in [5.41, 5.74) is 2.51. The van der Waals surface area contributed by atoms with E-state index < -0.39 is 5.97 Å². The highest BCUT2D eigenvalue weighted by Gasteiger charge is 2.35. The second-order valence-electron chi connectivity index (χ2n) is 7.94. The first-order valence-electron chi connectivity index (χ1n) is 11.2. The van der Waals surface area contributed by atoms with Crippen LogP contribution in [0.4, 0.5) is 4.79 Å². The Morgan fingerprint density at radius 1 is 0.973 bits per heavy atom. The summed E-state index contributed by atoms with van der Waals surface area (Å²) in [4.78, 5) is 38.2. The van der Waals surface area contributed by atoms with Crippen LogP contribution >= 0.6 is 43.6 Å². The summed E-state index contributed by atoms with van der Waals surface area (Å²) in [6.45, 7) is 2.65. The quantitative estimate of drug-likeness (QED) is 0.247. The molecule has 1 heterocycles. The zero-order valence-electron chi connectivity index (χ0n) is 19.6. The predicted octanol–water partition coefficient (Wildman–Crippen LogP) is 7.12. The molecule has 0 aromatic heterocycles. The Morgan fingerprint density at radius 3 is 2.27 bits per heavy atom. The molecule has 0 spiro atoms. The summed E-state index contributed by atoms with van der Waals surface area (Å²) in [7, 11) is 0. The number of amides is 2. The summed E-state index contributed by atoms with van der Waals surface area (Å²) in [5.74, 6) is -0.380. The molecule has 10 heteroatoms. The Labute approximate surface area is 234 Å². The summed E-state index contributed by atoms with van der Waals surface area (Å²) < 4.78 is 13.3. The van der Waals surface area contributed by atoms with E-state index in [-0.39, 0.29) is 29.9 Å². The molecule has 1 saturated heterocycles. The fourth-order valence-electron chi connectivity index (χ4n) is 3.50. The first-order valence-corrected chi connectivity index (χ1v) is 13.6. The molecule has 1 N–H and O–H groups in total. The van der Waals surface area contributed by atoms with Gasteiger partial charge in [0.1, 0.15) is 6.61 Å². The molecule has 37 heavy (non-hydrogen) atoms. The highest BCUT2D eigenvalue weighted by Crippen LogP contribution is 2.39. The highest BCUT2D eigenvalue weighted by atomic mass is 79.9. The lowest BCUT2D eigenvalue weighted by Crippen LogP contribution is -2.27. The number of aromatic carboxylic acids is 1. The van der Waals surface area contributed by atoms with Crippen LogP contribution < -0.4 is 9.47 Å². The molecule has 2 amide bonds. The zero-order valence-corrected chi connectivity index (χ0v) is 23.6. The summed E-state index contributed by atoms with van der Waals surface area (Å²) in [6, 6.07) is 17.4. The Balaban J connectivity index is 1.53. The molecule has 0 unspecified atom stereocenters. The Morgan fingerprint density at radius 2 is 1.62 bits per heavy atom. The molecule has 0 radical (unpaired) electrons. The van der Waals surface area contributed by atoms with Crippen molar-refractivity contribution in [1.29, 1.82) is 0 Å². The number of thioether (sulfide) groups is 1. The molecule has 0 bridgehead atoms. The minimum Gasteiger partial charge on any atom is -0.490 e. The lowest BCUT2D eigenvalue weighted by molar-refractivity contribution is -0.123. The van der Waals surface area contributed by atoms with Crippen LogP contribution in [0.25, 0.3) is 6.08 Å². The summed E-state index contributed by atoms with van der Waals surface area (Å²) in [6.07, 6.45) is 1.66. The van der Waals surface area contributed by atoms with Crippen LogP contribution in [0, 0.1) is 0 Å². The van der Waals surface area contributed by atoms with Crippen molar-refractivity contribution in [3.05, 3.63) is 96.8 Å². The van der Waals surface area contributed by atoms with Gasteiger partial charge in [0, 0.05) is 8.95 Å². The van der Waals surface area contributed by atoms with Crippen LogP contribution in [0.1, 0.15) is 34.0 Å². The minimum absolute atomic E-state index is 0.195. The molecule has 0 aliphatic carbocycles. The number of hydrogen-bond donors (Lipinski definition) is 1. The largest absolute Gasteiger partial charge is 0.490 e. The van der Waals surface area contributed by atoms with Crippen molar-refractivity contribution in [1.82, 2.24) is 4.90 Å². The second-order valence-corrected chi connectivity index (χ2v) is 10.7. The van der Waals surface area contributed by atoms with E-state index in [0.29, 0.717) is 33.0 Å². The Hall–Kier alpha value is -3.08. The van der Waals surface area contributed by atoms with E-state index in [1.54, 1.807) is 30.3 Å². The van der Waals surface area contributed by atoms with Gasteiger partial charge in [0.25, 0.3) is 11.1 Å². The molecule has 190 valence electrons. The lowest BCUT2D eigenvalue weighted by atomic mass is 10.1. The van der Waals surface area contributed by atoms with Gasteiger partial charge >= 0.3 is 5.97 Å². The number of carbonyl (C=O) groups excluding carboxylic acids is 2. The van der Waals surface area contributed by atoms with Gasteiger partial charge in [-0.25, -0.2) is 4.79 Å². The van der Waals surface area contributed by atoms with Gasteiger partial charge in [-0.1, -0.05) is 56.1 Å². The maximum atomic E-state index is 13.0. The monoisotopic (exact) mass is 645 g/mol. The lowest BCUT2D eigenvalue weighted by Gasteiger charge is -2.14. The molecule has 0 saturated carbocycles. The van der Waals surface area contributed by atoms with Gasteiger partial charge < -0.3 is 14.6 Å². The van der Waals surface area contributed by atoms with Gasteiger partial charge in [-0.3, -0.25) is 14.5 Å². The maximum absolute atomic E-state index is 13.0. The van der Waals surface area contributed by atoms with E-state index in [1.807, 2.05) is 31.2 Å². The fraction of sp³-hybridized carbons (Fsp3) is 0.148. The number of carboxylic acid groups (broad SMARTS) is 1. The van der Waals surface area contributed by atoms with Crippen molar-refractivity contribution in [2.45, 2.75) is 20.1 Å². The average molecular weight is 647 g/mol. The van der Waals surface area contributed by atoms with Gasteiger partial charge in [-0.2, -0.15) is 0 Å². The molecule has 4 rings (SSSR count). The highest BCUT2D eigenvalue weighted by molar-refractivity contribution is 9.10. The van der Waals surface area contributed by atoms with Crippen molar-refractivity contribution in [3.63, 3.8) is 0 Å². The molecule has 3 aromatic carbocycles. The van der Waals surface area contributed by atoms with Crippen LogP contribution in [0.2, 0.25) is 0 Å². The van der Waals surface area contributed by atoms with Gasteiger partial charge in [0.2, 0.25) is 0 Å². The Bertz CT molecular complexity index is 1370. The summed E-state index contributed by atoms with van der Waals surface area (Å²) in [5, 5.41) is 8.73. The molecular weight excluding hydrogens is 626 g/mol. The van der Waals surface area contributed by atoms with Gasteiger partial charge in [0.15, 0.2) is 11.5 Å². The van der Waals surface area contributed by atoms with E-state index in [0.717, 1.165) is 27.4 Å². The van der Waals surface area contributed by atoms with E-state index in [4.69, 9.17) is 14.6 Å². The number of imide groups is 1. The third-order valence-corrected chi connectivity index (χ3v) is 7.50. The third-order valence-electron chi connectivity index (χ3n) is 5.37. The van der Waals surface area contributed by atoms with Crippen molar-refractivity contribution >= 4 is 66.8 Å². The number of carboxylic acids is 1. The first kappa shape index (κ1) is 27.0. The molecular formula is C27H21Br2NO6S. The number of nitrogens with zero attached hydrogens (tertiary/aromatic N) is 1. The second kappa shape index (κ2) is 12.0. The van der Waals surface area contributed by atoms with Crippen LogP contribution in [0.5, 0.6) is 11.5 Å². The zero-order chi connectivity index (χ0) is 26.5. The normalized spacial score (nSPS) is 14.4. The molecule has 1 fully saturated rings. The van der Waals surface area contributed by atoms with Crippen molar-refractivity contribution in [3.8, 4) is 11.5 Å². The summed E-state index contributed by atoms with van der Waals surface area (Å²) >= 11 is 7.81. The number of benzene rings is 3. The maximum Gasteiger partial charge on any atom is 0.335 e. The number of halogens is 2. The van der Waals surface area contributed by atoms with Gasteiger partial charge in [-0.05, 0) is 77.9 Å². The van der Waals surface area contributed by atoms with E-state index >= 15 is 0 Å². The molecule has 3 aromatic rings. The van der Waals surface area contributed by atoms with E-state index in [1.165, 1.54) is 17.0 Å².